The second-order valence-corrected chi connectivity index (χ2v) is 5.54. The summed E-state index contributed by atoms with van der Waals surface area (Å²) in [5.41, 5.74) is 6.54. The highest BCUT2D eigenvalue weighted by molar-refractivity contribution is 5.48. The van der Waals surface area contributed by atoms with Crippen molar-refractivity contribution < 1.29 is 5.11 Å². The fraction of sp³-hybridized carbons (Fsp3) is 0.643. The number of aliphatic hydroxyl groups is 1. The minimum absolute atomic E-state index is 0.0162. The van der Waals surface area contributed by atoms with Crippen LogP contribution in [0.4, 0.5) is 5.82 Å². The van der Waals surface area contributed by atoms with Crippen LogP contribution in [0.1, 0.15) is 44.7 Å². The van der Waals surface area contributed by atoms with E-state index in [9.17, 15) is 5.11 Å². The standard InChI is InChI=1S/C14H23N3O/c1-11(15)12-5-3-8-16-13(12)17-9-4-6-14(2,18)7-10-17/h3,5,8,11,18H,4,6-7,9-10,15H2,1-2H3/t11-,14?/m0/s1. The molecule has 2 atom stereocenters. The van der Waals surface area contributed by atoms with Crippen molar-refractivity contribution in [3.8, 4) is 0 Å². The highest BCUT2D eigenvalue weighted by Gasteiger charge is 2.26. The molecular formula is C14H23N3O. The van der Waals surface area contributed by atoms with E-state index in [1.165, 1.54) is 0 Å². The van der Waals surface area contributed by atoms with Crippen LogP contribution in [-0.4, -0.2) is 28.8 Å². The number of nitrogens with two attached hydrogens (primary N) is 1. The largest absolute Gasteiger partial charge is 0.390 e. The number of aromatic nitrogens is 1. The van der Waals surface area contributed by atoms with Crippen LogP contribution in [-0.2, 0) is 0 Å². The van der Waals surface area contributed by atoms with Crippen molar-refractivity contribution in [3.05, 3.63) is 23.9 Å². The molecule has 4 nitrogen and oxygen atoms in total. The molecule has 1 aromatic heterocycles. The van der Waals surface area contributed by atoms with Crippen LogP contribution < -0.4 is 10.6 Å². The summed E-state index contributed by atoms with van der Waals surface area (Å²) in [5, 5.41) is 10.1. The molecule has 1 aliphatic rings. The third-order valence-corrected chi connectivity index (χ3v) is 3.67. The molecule has 3 N–H and O–H groups in total. The maximum atomic E-state index is 10.1. The highest BCUT2D eigenvalue weighted by atomic mass is 16.3. The molecule has 1 aromatic rings. The van der Waals surface area contributed by atoms with Crippen LogP contribution in [0.3, 0.4) is 0 Å². The Kier molecular flexibility index (Phi) is 3.88. The Bertz CT molecular complexity index is 404. The van der Waals surface area contributed by atoms with Gasteiger partial charge in [0, 0.05) is 30.9 Å². The molecule has 0 bridgehead atoms. The van der Waals surface area contributed by atoms with E-state index < -0.39 is 5.60 Å². The third kappa shape index (κ3) is 3.00. The molecule has 1 saturated heterocycles. The lowest BCUT2D eigenvalue weighted by Gasteiger charge is -2.26. The van der Waals surface area contributed by atoms with Crippen molar-refractivity contribution in [1.82, 2.24) is 4.98 Å². The third-order valence-electron chi connectivity index (χ3n) is 3.67. The van der Waals surface area contributed by atoms with E-state index >= 15 is 0 Å². The highest BCUT2D eigenvalue weighted by Crippen LogP contribution is 2.27. The number of nitrogens with zero attached hydrogens (tertiary/aromatic N) is 2. The predicted octanol–water partition coefficient (Wildman–Crippen LogP) is 1.84. The van der Waals surface area contributed by atoms with E-state index in [2.05, 4.69) is 9.88 Å². The average molecular weight is 249 g/mol. The summed E-state index contributed by atoms with van der Waals surface area (Å²) in [6.45, 7) is 5.67. The Morgan fingerprint density at radius 1 is 1.44 bits per heavy atom. The molecule has 18 heavy (non-hydrogen) atoms. The number of hydrogen-bond donors (Lipinski definition) is 2. The summed E-state index contributed by atoms with van der Waals surface area (Å²) in [5.74, 6) is 0.977. The first-order valence-electron chi connectivity index (χ1n) is 6.67. The van der Waals surface area contributed by atoms with Gasteiger partial charge in [-0.15, -0.1) is 0 Å². The van der Waals surface area contributed by atoms with E-state index in [0.29, 0.717) is 0 Å². The minimum Gasteiger partial charge on any atom is -0.390 e. The summed E-state index contributed by atoms with van der Waals surface area (Å²) >= 11 is 0. The molecule has 0 aromatic carbocycles. The van der Waals surface area contributed by atoms with Gasteiger partial charge in [-0.3, -0.25) is 0 Å². The maximum Gasteiger partial charge on any atom is 0.133 e. The molecule has 0 saturated carbocycles. The Balaban J connectivity index is 2.21. The zero-order valence-electron chi connectivity index (χ0n) is 11.3. The monoisotopic (exact) mass is 249 g/mol. The van der Waals surface area contributed by atoms with E-state index in [-0.39, 0.29) is 6.04 Å². The lowest BCUT2D eigenvalue weighted by molar-refractivity contribution is 0.0481. The van der Waals surface area contributed by atoms with Crippen molar-refractivity contribution in [2.24, 2.45) is 5.73 Å². The molecule has 2 rings (SSSR count). The van der Waals surface area contributed by atoms with Gasteiger partial charge < -0.3 is 15.7 Å². The van der Waals surface area contributed by atoms with Crippen LogP contribution in [0.5, 0.6) is 0 Å². The number of rotatable bonds is 2. The minimum atomic E-state index is -0.544. The molecule has 0 spiro atoms. The summed E-state index contributed by atoms with van der Waals surface area (Å²) in [6.07, 6.45) is 4.43. The van der Waals surface area contributed by atoms with Crippen molar-refractivity contribution in [2.45, 2.75) is 44.8 Å². The second kappa shape index (κ2) is 5.24. The van der Waals surface area contributed by atoms with Gasteiger partial charge in [0.15, 0.2) is 0 Å². The summed E-state index contributed by atoms with van der Waals surface area (Å²) < 4.78 is 0. The van der Waals surface area contributed by atoms with Gasteiger partial charge in [0.25, 0.3) is 0 Å². The van der Waals surface area contributed by atoms with Gasteiger partial charge >= 0.3 is 0 Å². The zero-order valence-corrected chi connectivity index (χ0v) is 11.3. The Morgan fingerprint density at radius 2 is 2.22 bits per heavy atom. The van der Waals surface area contributed by atoms with Gasteiger partial charge in [-0.1, -0.05) is 6.07 Å². The molecule has 100 valence electrons. The first-order valence-corrected chi connectivity index (χ1v) is 6.67. The Morgan fingerprint density at radius 3 is 2.94 bits per heavy atom. The van der Waals surface area contributed by atoms with Crippen LogP contribution in [0.25, 0.3) is 0 Å². The summed E-state index contributed by atoms with van der Waals surface area (Å²) in [7, 11) is 0. The SMILES string of the molecule is C[C@H](N)c1cccnc1N1CCCC(C)(O)CC1. The van der Waals surface area contributed by atoms with E-state index in [1.54, 1.807) is 0 Å². The number of pyridine rings is 1. The molecule has 2 heterocycles. The quantitative estimate of drug-likeness (QED) is 0.839. The molecule has 1 aliphatic heterocycles. The molecule has 0 amide bonds. The normalized spacial score (nSPS) is 26.8. The van der Waals surface area contributed by atoms with Crippen molar-refractivity contribution in [3.63, 3.8) is 0 Å². The van der Waals surface area contributed by atoms with Gasteiger partial charge in [0.2, 0.25) is 0 Å². The second-order valence-electron chi connectivity index (χ2n) is 5.54. The van der Waals surface area contributed by atoms with Crippen molar-refractivity contribution in [2.75, 3.05) is 18.0 Å². The van der Waals surface area contributed by atoms with Crippen LogP contribution in [0.2, 0.25) is 0 Å². The lowest BCUT2D eigenvalue weighted by Crippen LogP contribution is -2.30. The first kappa shape index (κ1) is 13.3. The van der Waals surface area contributed by atoms with Gasteiger partial charge in [-0.2, -0.15) is 0 Å². The van der Waals surface area contributed by atoms with Crippen LogP contribution in [0, 0.1) is 0 Å². The van der Waals surface area contributed by atoms with Crippen LogP contribution >= 0.6 is 0 Å². The molecule has 0 aliphatic carbocycles. The molecule has 0 radical (unpaired) electrons. The average Bonchev–Trinajstić information content (AvgIpc) is 2.50. The Labute approximate surface area is 109 Å². The van der Waals surface area contributed by atoms with E-state index in [1.807, 2.05) is 32.2 Å². The number of hydrogen-bond acceptors (Lipinski definition) is 4. The van der Waals surface area contributed by atoms with E-state index in [0.717, 1.165) is 43.7 Å². The maximum absolute atomic E-state index is 10.1. The molecule has 1 unspecified atom stereocenters. The Hall–Kier alpha value is -1.13. The zero-order chi connectivity index (χ0) is 13.2. The fourth-order valence-electron chi connectivity index (χ4n) is 2.50. The summed E-state index contributed by atoms with van der Waals surface area (Å²) in [6, 6.07) is 3.95. The molecule has 4 heteroatoms. The van der Waals surface area contributed by atoms with Crippen molar-refractivity contribution in [1.29, 1.82) is 0 Å². The van der Waals surface area contributed by atoms with Gasteiger partial charge in [0.1, 0.15) is 5.82 Å². The predicted molar refractivity (Wildman–Crippen MR) is 73.5 cm³/mol. The van der Waals surface area contributed by atoms with Gasteiger partial charge in [-0.05, 0) is 39.2 Å². The first-order chi connectivity index (χ1) is 8.49. The van der Waals surface area contributed by atoms with Gasteiger partial charge in [0.05, 0.1) is 5.60 Å². The smallest absolute Gasteiger partial charge is 0.133 e. The summed E-state index contributed by atoms with van der Waals surface area (Å²) in [4.78, 5) is 6.73. The topological polar surface area (TPSA) is 62.4 Å². The van der Waals surface area contributed by atoms with Crippen molar-refractivity contribution >= 4 is 5.82 Å². The number of anilines is 1. The fourth-order valence-corrected chi connectivity index (χ4v) is 2.50. The molecular weight excluding hydrogens is 226 g/mol. The lowest BCUT2D eigenvalue weighted by atomic mass is 9.98. The molecule has 1 fully saturated rings. The van der Waals surface area contributed by atoms with Gasteiger partial charge in [-0.25, -0.2) is 4.98 Å². The van der Waals surface area contributed by atoms with Crippen LogP contribution in [0.15, 0.2) is 18.3 Å². The van der Waals surface area contributed by atoms with E-state index in [4.69, 9.17) is 5.73 Å².